The van der Waals surface area contributed by atoms with E-state index in [9.17, 15) is 4.79 Å². The molecule has 194 valence electrons. The Labute approximate surface area is 205 Å². The van der Waals surface area contributed by atoms with E-state index < -0.39 is 7.49 Å². The fraction of sp³-hybridized carbons (Fsp3) is 0.964. The van der Waals surface area contributed by atoms with Gasteiger partial charge in [-0.1, -0.05) is 0 Å². The van der Waals surface area contributed by atoms with E-state index in [2.05, 4.69) is 36.9 Å². The molecule has 0 aromatic carbocycles. The van der Waals surface area contributed by atoms with Gasteiger partial charge in [0.25, 0.3) is 0 Å². The van der Waals surface area contributed by atoms with Crippen LogP contribution in [0.3, 0.4) is 0 Å². The fourth-order valence-electron chi connectivity index (χ4n) is 4.67. The van der Waals surface area contributed by atoms with E-state index in [1.54, 1.807) is 0 Å². The van der Waals surface area contributed by atoms with Crippen LogP contribution in [0.1, 0.15) is 150 Å². The zero-order valence-corrected chi connectivity index (χ0v) is 24.7. The van der Waals surface area contributed by atoms with Crippen molar-refractivity contribution in [1.29, 1.82) is 0 Å². The maximum absolute atomic E-state index is 12.9. The van der Waals surface area contributed by atoms with Crippen LogP contribution in [0.15, 0.2) is 0 Å². The first-order chi connectivity index (χ1) is 15.5. The second kappa shape index (κ2) is 23.1. The Kier molecular flexibility index (Phi) is 23.3. The Morgan fingerprint density at radius 2 is 0.906 bits per heavy atom. The fourth-order valence-corrected chi connectivity index (χ4v) is 9.19. The normalized spacial score (nSPS) is 13.3. The third-order valence-corrected chi connectivity index (χ3v) is 12.2. The van der Waals surface area contributed by atoms with Gasteiger partial charge < -0.3 is 0 Å². The van der Waals surface area contributed by atoms with E-state index in [1.807, 2.05) is 0 Å². The molecule has 0 aliphatic heterocycles. The van der Waals surface area contributed by atoms with Crippen molar-refractivity contribution in [1.82, 2.24) is 0 Å². The molecule has 0 saturated carbocycles. The number of hydrogen-bond donors (Lipinski definition) is 0. The summed E-state index contributed by atoms with van der Waals surface area (Å²) >= 11 is 0. The molecule has 0 spiro atoms. The van der Waals surface area contributed by atoms with Crippen molar-refractivity contribution in [3.63, 3.8) is 0 Å². The van der Waals surface area contributed by atoms with Gasteiger partial charge in [0.2, 0.25) is 0 Å². The second-order valence-electron chi connectivity index (χ2n) is 10.2. The van der Waals surface area contributed by atoms with Crippen LogP contribution in [0.5, 0.6) is 0 Å². The summed E-state index contributed by atoms with van der Waals surface area (Å²) in [6.07, 6.45) is 28.4. The first-order valence-corrected chi connectivity index (χ1v) is 17.7. The van der Waals surface area contributed by atoms with Gasteiger partial charge in [-0.05, 0) is 0 Å². The minimum atomic E-state index is -2.01. The van der Waals surface area contributed by atoms with Crippen LogP contribution in [-0.4, -0.2) is 30.1 Å². The molecular weight excluding hydrogens is 430 g/mol. The first kappa shape index (κ1) is 32.3. The van der Waals surface area contributed by atoms with Crippen LogP contribution in [0, 0.1) is 0 Å². The van der Waals surface area contributed by atoms with Gasteiger partial charge in [0, 0.05) is 0 Å². The van der Waals surface area contributed by atoms with Crippen molar-refractivity contribution in [3.05, 3.63) is 0 Å². The summed E-state index contributed by atoms with van der Waals surface area (Å²) in [6, 6.07) is 0. The number of rotatable bonds is 24. The molecule has 2 nitrogen and oxygen atoms in total. The van der Waals surface area contributed by atoms with Gasteiger partial charge in [0.05, 0.1) is 0 Å². The summed E-state index contributed by atoms with van der Waals surface area (Å²) in [5.41, 5.74) is -0.0273. The summed E-state index contributed by atoms with van der Waals surface area (Å²) in [4.78, 5) is 12.9. The van der Waals surface area contributed by atoms with Crippen molar-refractivity contribution < 1.29 is 9.32 Å². The average Bonchev–Trinajstić information content (AvgIpc) is 2.80. The van der Waals surface area contributed by atoms with Crippen LogP contribution in [-0.2, 0) is 9.32 Å². The van der Waals surface area contributed by atoms with Crippen molar-refractivity contribution >= 4 is 22.7 Å². The van der Waals surface area contributed by atoms with E-state index in [0.29, 0.717) is 0 Å². The Morgan fingerprint density at radius 1 is 0.594 bits per heavy atom. The Morgan fingerprint density at radius 3 is 1.22 bits per heavy atom. The van der Waals surface area contributed by atoms with Crippen LogP contribution >= 0.6 is 16.7 Å². The maximum atomic E-state index is 12.9. The minimum absolute atomic E-state index is 0.0273. The predicted molar refractivity (Wildman–Crippen MR) is 153 cm³/mol. The number of carbonyl (C=O) groups is 1. The SMILES string of the molecule is CCCCCCCC[PH](CCCCCCCC)(CCCCCCCC)OC(=O)C(P)CC. The monoisotopic (exact) mass is 490 g/mol. The average molecular weight is 491 g/mol. The summed E-state index contributed by atoms with van der Waals surface area (Å²) in [5, 5.41) is 0. The van der Waals surface area contributed by atoms with E-state index in [-0.39, 0.29) is 11.6 Å². The molecule has 0 aliphatic carbocycles. The van der Waals surface area contributed by atoms with E-state index in [0.717, 1.165) is 6.42 Å². The van der Waals surface area contributed by atoms with Crippen molar-refractivity contribution in [2.24, 2.45) is 0 Å². The molecule has 0 aromatic heterocycles. The summed E-state index contributed by atoms with van der Waals surface area (Å²) < 4.78 is 6.55. The van der Waals surface area contributed by atoms with E-state index >= 15 is 0 Å². The molecule has 0 heterocycles. The quantitative estimate of drug-likeness (QED) is 0.0993. The first-order valence-electron chi connectivity index (χ1n) is 14.5. The Hall–Kier alpha value is 0.330. The van der Waals surface area contributed by atoms with Gasteiger partial charge in [0.1, 0.15) is 0 Å². The summed E-state index contributed by atoms with van der Waals surface area (Å²) in [5.74, 6) is 0.0760. The topological polar surface area (TPSA) is 26.3 Å². The number of carbonyl (C=O) groups excluding carboxylic acids is 1. The Bertz CT molecular complexity index is 373. The summed E-state index contributed by atoms with van der Waals surface area (Å²) in [7, 11) is 0.725. The molecule has 32 heavy (non-hydrogen) atoms. The molecule has 0 rings (SSSR count). The molecule has 0 fully saturated rings. The number of hydrogen-bond acceptors (Lipinski definition) is 2. The molecule has 2 atom stereocenters. The third kappa shape index (κ3) is 17.8. The van der Waals surface area contributed by atoms with Gasteiger partial charge in [0.15, 0.2) is 0 Å². The zero-order chi connectivity index (χ0) is 23.9. The van der Waals surface area contributed by atoms with Gasteiger partial charge in [-0.15, -0.1) is 0 Å². The molecular formula is C28H60O2P2. The van der Waals surface area contributed by atoms with E-state index in [4.69, 9.17) is 4.52 Å². The summed E-state index contributed by atoms with van der Waals surface area (Å²) in [6.45, 7) is 8.94. The number of unbranched alkanes of at least 4 members (excludes halogenated alkanes) is 15. The molecule has 0 amide bonds. The van der Waals surface area contributed by atoms with Gasteiger partial charge >= 0.3 is 206 Å². The van der Waals surface area contributed by atoms with Crippen molar-refractivity contribution in [2.45, 2.75) is 155 Å². The molecule has 0 aromatic rings. The Balaban J connectivity index is 4.97. The molecule has 0 saturated heterocycles. The molecule has 0 aliphatic rings. The molecule has 2 unspecified atom stereocenters. The molecule has 4 heteroatoms. The predicted octanol–water partition coefficient (Wildman–Crippen LogP) is 9.93. The van der Waals surface area contributed by atoms with Gasteiger partial charge in [-0.2, -0.15) is 0 Å². The third-order valence-electron chi connectivity index (χ3n) is 7.02. The van der Waals surface area contributed by atoms with Gasteiger partial charge in [-0.25, -0.2) is 0 Å². The zero-order valence-electron chi connectivity index (χ0n) is 22.5. The van der Waals surface area contributed by atoms with Crippen LogP contribution in [0.4, 0.5) is 0 Å². The molecule has 0 radical (unpaired) electrons. The van der Waals surface area contributed by atoms with E-state index in [1.165, 1.54) is 134 Å². The molecule has 0 N–H and O–H groups in total. The van der Waals surface area contributed by atoms with Gasteiger partial charge in [-0.3, -0.25) is 0 Å². The van der Waals surface area contributed by atoms with Crippen LogP contribution in [0.2, 0.25) is 0 Å². The van der Waals surface area contributed by atoms with Crippen LogP contribution < -0.4 is 0 Å². The molecule has 0 bridgehead atoms. The van der Waals surface area contributed by atoms with Crippen molar-refractivity contribution in [3.8, 4) is 0 Å². The standard InChI is InChI=1S/C28H60O2P2/c1-5-9-12-15-18-21-24-32(30-28(29)27(31)8-4,25-22-19-16-13-10-6-2)26-23-20-17-14-11-7-3/h27,32H,5-26,31H2,1-4H3. The van der Waals surface area contributed by atoms with Crippen LogP contribution in [0.25, 0.3) is 0 Å². The second-order valence-corrected chi connectivity index (χ2v) is 15.0. The van der Waals surface area contributed by atoms with Crippen molar-refractivity contribution in [2.75, 3.05) is 18.5 Å².